The number of piperidine rings is 1. The van der Waals surface area contributed by atoms with Crippen LogP contribution >= 0.6 is 0 Å². The number of likely N-dealkylation sites (tertiary alicyclic amines) is 1. The second-order valence-electron chi connectivity index (χ2n) is 13.5. The summed E-state index contributed by atoms with van der Waals surface area (Å²) in [5, 5.41) is 2.25. The summed E-state index contributed by atoms with van der Waals surface area (Å²) in [6.07, 6.45) is 0.747. The van der Waals surface area contributed by atoms with Gasteiger partial charge in [-0.1, -0.05) is 81.4 Å². The van der Waals surface area contributed by atoms with Crippen molar-refractivity contribution >= 4 is 30.8 Å². The average Bonchev–Trinajstić information content (AvgIpc) is 2.80. The van der Waals surface area contributed by atoms with Gasteiger partial charge in [-0.15, -0.1) is 0 Å². The minimum absolute atomic E-state index is 0.0944. The molecule has 0 spiro atoms. The second kappa shape index (κ2) is 11.8. The van der Waals surface area contributed by atoms with E-state index in [0.29, 0.717) is 19.4 Å². The minimum Gasteiger partial charge on any atom is -0.460 e. The Hall–Kier alpha value is -2.64. The number of benzene rings is 2. The van der Waals surface area contributed by atoms with Gasteiger partial charge in [-0.25, -0.2) is 4.79 Å². The third kappa shape index (κ3) is 7.95. The lowest BCUT2D eigenvalue weighted by molar-refractivity contribution is -0.156. The van der Waals surface area contributed by atoms with E-state index in [4.69, 9.17) is 13.9 Å². The molecule has 1 fully saturated rings. The van der Waals surface area contributed by atoms with Gasteiger partial charge in [-0.3, -0.25) is 4.79 Å². The molecule has 214 valence electrons. The highest BCUT2D eigenvalue weighted by Crippen LogP contribution is 2.39. The first kappa shape index (κ1) is 30.9. The Bertz CT molecular complexity index is 1060. The van der Waals surface area contributed by atoms with Gasteiger partial charge in [0.15, 0.2) is 0 Å². The van der Waals surface area contributed by atoms with Crippen molar-refractivity contribution < 1.29 is 23.5 Å². The molecule has 6 nitrogen and oxygen atoms in total. The molecule has 0 aliphatic carbocycles. The van der Waals surface area contributed by atoms with E-state index >= 15 is 0 Å². The first-order chi connectivity index (χ1) is 18.0. The molecule has 0 N–H and O–H groups in total. The van der Waals surface area contributed by atoms with Crippen molar-refractivity contribution in [1.29, 1.82) is 0 Å². The summed E-state index contributed by atoms with van der Waals surface area (Å²) in [6, 6.07) is 20.7. The number of hydrogen-bond acceptors (Lipinski definition) is 5. The Morgan fingerprint density at radius 1 is 0.795 bits per heavy atom. The number of hydrogen-bond donors (Lipinski definition) is 0. The van der Waals surface area contributed by atoms with Crippen LogP contribution in [0.3, 0.4) is 0 Å². The Balaban J connectivity index is 1.98. The van der Waals surface area contributed by atoms with Crippen molar-refractivity contribution in [3.63, 3.8) is 0 Å². The number of carbonyl (C=O) groups is 2. The van der Waals surface area contributed by atoms with E-state index in [1.807, 2.05) is 53.7 Å². The van der Waals surface area contributed by atoms with E-state index < -0.39 is 25.6 Å². The van der Waals surface area contributed by atoms with Crippen molar-refractivity contribution in [2.75, 3.05) is 6.54 Å². The monoisotopic (exact) mass is 553 g/mol. The molecule has 1 heterocycles. The van der Waals surface area contributed by atoms with Crippen LogP contribution in [-0.2, 0) is 18.7 Å². The number of carbonyl (C=O) groups excluding carboxylic acids is 2. The maximum absolute atomic E-state index is 13.2. The van der Waals surface area contributed by atoms with E-state index in [2.05, 4.69) is 69.3 Å². The molecule has 1 amide bonds. The summed E-state index contributed by atoms with van der Waals surface area (Å²) in [4.78, 5) is 27.8. The van der Waals surface area contributed by atoms with Crippen molar-refractivity contribution in [3.8, 4) is 0 Å². The zero-order valence-electron chi connectivity index (χ0n) is 25.2. The molecule has 0 radical (unpaired) electrons. The molecule has 7 heteroatoms. The Kier molecular flexibility index (Phi) is 9.38. The highest BCUT2D eigenvalue weighted by atomic mass is 28.4. The third-order valence-corrected chi connectivity index (χ3v) is 12.0. The average molecular weight is 554 g/mol. The van der Waals surface area contributed by atoms with Gasteiger partial charge in [-0.2, -0.15) is 0 Å². The molecule has 1 aliphatic heterocycles. The SMILES string of the molecule is CC(C)(C)OC(=O)C[C@@H]1C[C@H](O[Si](c2ccccc2)(c2ccccc2)C(C)(C)C)CCN1C(=O)OC(C)(C)C. The lowest BCUT2D eigenvalue weighted by Crippen LogP contribution is -2.68. The fourth-order valence-electron chi connectivity index (χ4n) is 5.39. The molecule has 0 saturated carbocycles. The predicted octanol–water partition coefficient (Wildman–Crippen LogP) is 6.06. The molecule has 1 saturated heterocycles. The van der Waals surface area contributed by atoms with Gasteiger partial charge in [0.2, 0.25) is 0 Å². The minimum atomic E-state index is -2.78. The number of rotatable bonds is 6. The third-order valence-electron chi connectivity index (χ3n) is 6.88. The standard InChI is InChI=1S/C32H47NO5Si/c1-30(2,3)36-28(34)23-24-22-25(20-21-33(24)29(35)37-31(4,5)6)38-39(32(7,8)9,26-16-12-10-13-17-26)27-18-14-11-15-19-27/h10-19,24-25H,20-23H2,1-9H3/t24-,25+/m0/s1. The quantitative estimate of drug-likeness (QED) is 0.321. The number of esters is 1. The molecule has 2 aromatic carbocycles. The summed E-state index contributed by atoms with van der Waals surface area (Å²) in [5.74, 6) is -0.327. The van der Waals surface area contributed by atoms with Crippen molar-refractivity contribution in [3.05, 3.63) is 60.7 Å². The molecule has 2 aromatic rings. The maximum atomic E-state index is 13.2. The van der Waals surface area contributed by atoms with Crippen LogP contribution in [0.15, 0.2) is 60.7 Å². The molecule has 0 bridgehead atoms. The van der Waals surface area contributed by atoms with Crippen LogP contribution in [0.1, 0.15) is 81.6 Å². The van der Waals surface area contributed by atoms with Crippen LogP contribution < -0.4 is 10.4 Å². The molecule has 39 heavy (non-hydrogen) atoms. The summed E-state index contributed by atoms with van der Waals surface area (Å²) in [5.41, 5.74) is -1.23. The van der Waals surface area contributed by atoms with Gasteiger partial charge >= 0.3 is 12.1 Å². The Labute approximate surface area is 236 Å². The molecule has 3 rings (SSSR count). The van der Waals surface area contributed by atoms with E-state index in [1.54, 1.807) is 4.90 Å². The van der Waals surface area contributed by atoms with Crippen LogP contribution in [0, 0.1) is 0 Å². The highest BCUT2D eigenvalue weighted by molar-refractivity contribution is 6.99. The van der Waals surface area contributed by atoms with Crippen molar-refractivity contribution in [1.82, 2.24) is 4.90 Å². The lowest BCUT2D eigenvalue weighted by Gasteiger charge is -2.48. The maximum Gasteiger partial charge on any atom is 0.410 e. The normalized spacial score (nSPS) is 18.9. The van der Waals surface area contributed by atoms with Crippen LogP contribution in [0.4, 0.5) is 4.79 Å². The molecule has 2 atom stereocenters. The molecule has 0 aromatic heterocycles. The molecule has 0 unspecified atom stereocenters. The highest BCUT2D eigenvalue weighted by Gasteiger charge is 2.52. The van der Waals surface area contributed by atoms with E-state index in [-0.39, 0.29) is 29.6 Å². The van der Waals surface area contributed by atoms with Crippen LogP contribution in [0.5, 0.6) is 0 Å². The predicted molar refractivity (Wildman–Crippen MR) is 159 cm³/mol. The van der Waals surface area contributed by atoms with Crippen molar-refractivity contribution in [2.45, 2.75) is 110 Å². The number of nitrogens with zero attached hydrogens (tertiary/aromatic N) is 1. The van der Waals surface area contributed by atoms with E-state index in [9.17, 15) is 9.59 Å². The Morgan fingerprint density at radius 3 is 1.72 bits per heavy atom. The fraction of sp³-hybridized carbons (Fsp3) is 0.562. The van der Waals surface area contributed by atoms with Crippen LogP contribution in [-0.4, -0.2) is 55.2 Å². The summed E-state index contributed by atoms with van der Waals surface area (Å²) in [7, 11) is -2.78. The van der Waals surface area contributed by atoms with Gasteiger partial charge in [0, 0.05) is 18.7 Å². The molecule has 1 aliphatic rings. The van der Waals surface area contributed by atoms with E-state index in [0.717, 1.165) is 0 Å². The first-order valence-corrected chi connectivity index (χ1v) is 15.9. The van der Waals surface area contributed by atoms with Gasteiger partial charge in [0.1, 0.15) is 11.2 Å². The first-order valence-electron chi connectivity index (χ1n) is 14.0. The zero-order valence-corrected chi connectivity index (χ0v) is 26.2. The van der Waals surface area contributed by atoms with Gasteiger partial charge < -0.3 is 18.8 Å². The van der Waals surface area contributed by atoms with Crippen LogP contribution in [0.25, 0.3) is 0 Å². The fourth-order valence-corrected chi connectivity index (χ4v) is 10.1. The topological polar surface area (TPSA) is 65.1 Å². The molecular weight excluding hydrogens is 506 g/mol. The summed E-state index contributed by atoms with van der Waals surface area (Å²) < 4.78 is 18.7. The zero-order chi connectivity index (χ0) is 29.1. The largest absolute Gasteiger partial charge is 0.460 e. The smallest absolute Gasteiger partial charge is 0.410 e. The Morgan fingerprint density at radius 2 is 1.28 bits per heavy atom. The van der Waals surface area contributed by atoms with Gasteiger partial charge in [0.05, 0.1) is 6.42 Å². The van der Waals surface area contributed by atoms with Gasteiger partial charge in [0.25, 0.3) is 8.32 Å². The number of ether oxygens (including phenoxy) is 2. The van der Waals surface area contributed by atoms with Gasteiger partial charge in [-0.05, 0) is 69.8 Å². The summed E-state index contributed by atoms with van der Waals surface area (Å²) in [6.45, 7) is 18.3. The summed E-state index contributed by atoms with van der Waals surface area (Å²) >= 11 is 0. The van der Waals surface area contributed by atoms with E-state index in [1.165, 1.54) is 10.4 Å². The van der Waals surface area contributed by atoms with Crippen LogP contribution in [0.2, 0.25) is 5.04 Å². The van der Waals surface area contributed by atoms with Crippen molar-refractivity contribution in [2.24, 2.45) is 0 Å². The number of amides is 1. The lowest BCUT2D eigenvalue weighted by atomic mass is 9.97. The molecular formula is C32H47NO5Si. The second-order valence-corrected chi connectivity index (χ2v) is 17.8.